The quantitative estimate of drug-likeness (QED) is 0.873. The van der Waals surface area contributed by atoms with Gasteiger partial charge >= 0.3 is 0 Å². The first-order chi connectivity index (χ1) is 9.81. The summed E-state index contributed by atoms with van der Waals surface area (Å²) in [5, 5.41) is 8.80. The van der Waals surface area contributed by atoms with Crippen molar-refractivity contribution in [3.8, 4) is 6.07 Å². The van der Waals surface area contributed by atoms with Crippen molar-refractivity contribution in [2.24, 2.45) is 0 Å². The fraction of sp³-hybridized carbons (Fsp3) is 0.0833. The highest BCUT2D eigenvalue weighted by molar-refractivity contribution is 7.92. The molecule has 1 aromatic carbocycles. The second-order valence-electron chi connectivity index (χ2n) is 4.01. The summed E-state index contributed by atoms with van der Waals surface area (Å²) in [6.07, 6.45) is 0. The largest absolute Gasteiger partial charge is 0.264 e. The van der Waals surface area contributed by atoms with Crippen LogP contribution >= 0.6 is 11.6 Å². The molecule has 1 heterocycles. The third kappa shape index (κ3) is 3.45. The fourth-order valence-corrected chi connectivity index (χ4v) is 2.72. The van der Waals surface area contributed by atoms with E-state index in [0.717, 1.165) is 18.2 Å². The minimum absolute atomic E-state index is 0.0806. The molecule has 0 atom stereocenters. The molecule has 2 rings (SSSR count). The standard InChI is InChI=1S/C12H8ClFN4O2S/c1-7-4-11(13)17-12(16-7)18-21(19,20)9-2-3-10(14)8(5-9)6-15/h2-5H,1H3,(H,16,17,18). The Balaban J connectivity index is 2.41. The maximum Gasteiger partial charge on any atom is 0.264 e. The van der Waals surface area contributed by atoms with E-state index in [0.29, 0.717) is 5.69 Å². The lowest BCUT2D eigenvalue weighted by Gasteiger charge is -2.08. The molecule has 1 aromatic heterocycles. The van der Waals surface area contributed by atoms with E-state index in [4.69, 9.17) is 16.9 Å². The van der Waals surface area contributed by atoms with Gasteiger partial charge in [-0.2, -0.15) is 5.26 Å². The van der Waals surface area contributed by atoms with Crippen molar-refractivity contribution in [1.29, 1.82) is 5.26 Å². The molecule has 0 unspecified atom stereocenters. The first kappa shape index (κ1) is 15.2. The lowest BCUT2D eigenvalue weighted by Crippen LogP contribution is -2.15. The second-order valence-corrected chi connectivity index (χ2v) is 6.08. The lowest BCUT2D eigenvalue weighted by atomic mass is 10.2. The number of anilines is 1. The van der Waals surface area contributed by atoms with Crippen LogP contribution in [0.4, 0.5) is 10.3 Å². The molecule has 0 bridgehead atoms. The van der Waals surface area contributed by atoms with E-state index in [2.05, 4.69) is 14.7 Å². The Hall–Kier alpha value is -2.24. The zero-order valence-corrected chi connectivity index (χ0v) is 12.2. The van der Waals surface area contributed by atoms with Gasteiger partial charge in [-0.05, 0) is 31.2 Å². The normalized spacial score (nSPS) is 11.0. The summed E-state index contributed by atoms with van der Waals surface area (Å²) in [4.78, 5) is 7.33. The maximum atomic E-state index is 13.2. The predicted octanol–water partition coefficient (Wildman–Crippen LogP) is 2.25. The average molecular weight is 327 g/mol. The van der Waals surface area contributed by atoms with E-state index in [1.54, 1.807) is 13.0 Å². The maximum absolute atomic E-state index is 13.2. The van der Waals surface area contributed by atoms with Crippen LogP contribution in [-0.2, 0) is 10.0 Å². The van der Waals surface area contributed by atoms with Gasteiger partial charge in [-0.15, -0.1) is 0 Å². The van der Waals surface area contributed by atoms with Crippen molar-refractivity contribution >= 4 is 27.6 Å². The van der Waals surface area contributed by atoms with Crippen molar-refractivity contribution in [3.05, 3.63) is 46.5 Å². The second kappa shape index (κ2) is 5.63. The summed E-state index contributed by atoms with van der Waals surface area (Å²) in [7, 11) is -4.05. The fourth-order valence-electron chi connectivity index (χ4n) is 1.51. The van der Waals surface area contributed by atoms with Crippen molar-refractivity contribution in [1.82, 2.24) is 9.97 Å². The van der Waals surface area contributed by atoms with Crippen molar-refractivity contribution in [2.75, 3.05) is 4.72 Å². The van der Waals surface area contributed by atoms with Gasteiger partial charge < -0.3 is 0 Å². The lowest BCUT2D eigenvalue weighted by molar-refractivity contribution is 0.599. The van der Waals surface area contributed by atoms with Crippen LogP contribution in [0, 0.1) is 24.1 Å². The van der Waals surface area contributed by atoms with Crippen LogP contribution in [0.15, 0.2) is 29.2 Å². The van der Waals surface area contributed by atoms with Crippen LogP contribution in [0.1, 0.15) is 11.3 Å². The molecule has 0 aliphatic rings. The molecule has 0 spiro atoms. The van der Waals surface area contributed by atoms with Gasteiger partial charge in [-0.3, -0.25) is 0 Å². The monoisotopic (exact) mass is 326 g/mol. The van der Waals surface area contributed by atoms with Crippen LogP contribution in [0.25, 0.3) is 0 Å². The zero-order chi connectivity index (χ0) is 15.6. The third-order valence-corrected chi connectivity index (χ3v) is 3.94. The van der Waals surface area contributed by atoms with E-state index in [-0.39, 0.29) is 21.6 Å². The highest BCUT2D eigenvalue weighted by atomic mass is 35.5. The minimum atomic E-state index is -4.05. The molecule has 1 N–H and O–H groups in total. The molecule has 0 saturated heterocycles. The van der Waals surface area contributed by atoms with Crippen molar-refractivity contribution in [2.45, 2.75) is 11.8 Å². The number of hydrogen-bond acceptors (Lipinski definition) is 5. The van der Waals surface area contributed by atoms with E-state index < -0.39 is 15.8 Å². The first-order valence-corrected chi connectivity index (χ1v) is 7.41. The Morgan fingerprint density at radius 3 is 2.67 bits per heavy atom. The van der Waals surface area contributed by atoms with Gasteiger partial charge in [0.25, 0.3) is 10.0 Å². The molecule has 0 saturated carbocycles. The predicted molar refractivity (Wildman–Crippen MR) is 73.7 cm³/mol. The highest BCUT2D eigenvalue weighted by Gasteiger charge is 2.18. The number of rotatable bonds is 3. The summed E-state index contributed by atoms with van der Waals surface area (Å²) in [5.41, 5.74) is 0.102. The summed E-state index contributed by atoms with van der Waals surface area (Å²) in [6, 6.07) is 5.90. The molecule has 21 heavy (non-hydrogen) atoms. The molecule has 9 heteroatoms. The first-order valence-electron chi connectivity index (χ1n) is 5.55. The van der Waals surface area contributed by atoms with Crippen molar-refractivity contribution < 1.29 is 12.8 Å². The average Bonchev–Trinajstić information content (AvgIpc) is 2.37. The number of aromatic nitrogens is 2. The van der Waals surface area contributed by atoms with Crippen LogP contribution in [0.3, 0.4) is 0 Å². The van der Waals surface area contributed by atoms with Crippen molar-refractivity contribution in [3.63, 3.8) is 0 Å². The Bertz CT molecular complexity index is 829. The van der Waals surface area contributed by atoms with Crippen LogP contribution < -0.4 is 4.72 Å². The summed E-state index contributed by atoms with van der Waals surface area (Å²) in [6.45, 7) is 1.62. The zero-order valence-electron chi connectivity index (χ0n) is 10.6. The number of hydrogen-bond donors (Lipinski definition) is 1. The van der Waals surface area contributed by atoms with E-state index in [1.165, 1.54) is 6.07 Å². The summed E-state index contributed by atoms with van der Waals surface area (Å²) >= 11 is 5.71. The molecule has 2 aromatic rings. The van der Waals surface area contributed by atoms with E-state index in [9.17, 15) is 12.8 Å². The Kier molecular flexibility index (Phi) is 4.06. The number of nitrogens with zero attached hydrogens (tertiary/aromatic N) is 3. The summed E-state index contributed by atoms with van der Waals surface area (Å²) in [5.74, 6) is -1.01. The smallest absolute Gasteiger partial charge is 0.247 e. The van der Waals surface area contributed by atoms with Gasteiger partial charge in [0.2, 0.25) is 5.95 Å². The highest BCUT2D eigenvalue weighted by Crippen LogP contribution is 2.18. The van der Waals surface area contributed by atoms with Gasteiger partial charge in [0, 0.05) is 5.69 Å². The molecule has 6 nitrogen and oxygen atoms in total. The number of halogens is 2. The molecule has 0 amide bonds. The Labute approximate surface area is 125 Å². The SMILES string of the molecule is Cc1cc(Cl)nc(NS(=O)(=O)c2ccc(F)c(C#N)c2)n1. The number of benzene rings is 1. The van der Waals surface area contributed by atoms with E-state index >= 15 is 0 Å². The van der Waals surface area contributed by atoms with Gasteiger partial charge in [0.1, 0.15) is 17.0 Å². The Morgan fingerprint density at radius 2 is 2.05 bits per heavy atom. The molecule has 0 radical (unpaired) electrons. The number of nitriles is 1. The topological polar surface area (TPSA) is 95.7 Å². The molecule has 108 valence electrons. The molecule has 0 fully saturated rings. The molecular formula is C12H8ClFN4O2S. The summed E-state index contributed by atoms with van der Waals surface area (Å²) < 4.78 is 39.6. The Morgan fingerprint density at radius 1 is 1.33 bits per heavy atom. The minimum Gasteiger partial charge on any atom is -0.247 e. The number of nitrogens with one attached hydrogen (secondary N) is 1. The van der Waals surface area contributed by atoms with E-state index in [1.807, 2.05) is 0 Å². The molecule has 0 aliphatic heterocycles. The van der Waals surface area contributed by atoms with Crippen LogP contribution in [-0.4, -0.2) is 18.4 Å². The molecular weight excluding hydrogens is 319 g/mol. The van der Waals surface area contributed by atoms with Crippen LogP contribution in [0.2, 0.25) is 5.15 Å². The van der Waals surface area contributed by atoms with Crippen LogP contribution in [0.5, 0.6) is 0 Å². The number of aryl methyl sites for hydroxylation is 1. The molecule has 0 aliphatic carbocycles. The van der Waals surface area contributed by atoms with Gasteiger partial charge in [0.05, 0.1) is 10.5 Å². The van der Waals surface area contributed by atoms with Gasteiger partial charge in [-0.25, -0.2) is 27.5 Å². The van der Waals surface area contributed by atoms with Gasteiger partial charge in [-0.1, -0.05) is 11.6 Å². The van der Waals surface area contributed by atoms with Gasteiger partial charge in [0.15, 0.2) is 0 Å². The third-order valence-electron chi connectivity index (χ3n) is 2.42. The number of sulfonamides is 1.